The maximum atomic E-state index is 12.3. The van der Waals surface area contributed by atoms with Crippen molar-refractivity contribution in [2.75, 3.05) is 10.6 Å². The Morgan fingerprint density at radius 3 is 2.65 bits per heavy atom. The van der Waals surface area contributed by atoms with E-state index in [1.54, 1.807) is 31.2 Å². The molecule has 0 bridgehead atoms. The van der Waals surface area contributed by atoms with Gasteiger partial charge >= 0.3 is 0 Å². The van der Waals surface area contributed by atoms with Crippen LogP contribution in [0.1, 0.15) is 28.4 Å². The number of hydrogen-bond donors (Lipinski definition) is 2. The lowest BCUT2D eigenvalue weighted by molar-refractivity contribution is -0.122. The van der Waals surface area contributed by atoms with Gasteiger partial charge in [-0.2, -0.15) is 0 Å². The fraction of sp³-hybridized carbons (Fsp3) is 0.222. The minimum Gasteiger partial charge on any atom is -0.479 e. The van der Waals surface area contributed by atoms with E-state index in [0.29, 0.717) is 22.7 Å². The Bertz CT molecular complexity index is 799. The zero-order valence-corrected chi connectivity index (χ0v) is 13.3. The number of fused-ring (bicyclic) bond motifs is 1. The predicted octanol–water partition coefficient (Wildman–Crippen LogP) is 3.28. The van der Waals surface area contributed by atoms with Crippen molar-refractivity contribution in [3.05, 3.63) is 53.1 Å². The largest absolute Gasteiger partial charge is 0.479 e. The van der Waals surface area contributed by atoms with Crippen molar-refractivity contribution >= 4 is 23.2 Å². The highest BCUT2D eigenvalue weighted by atomic mass is 16.5. The molecule has 2 aromatic carbocycles. The molecule has 5 heteroatoms. The molecule has 1 aliphatic rings. The van der Waals surface area contributed by atoms with E-state index in [2.05, 4.69) is 10.6 Å². The van der Waals surface area contributed by atoms with E-state index in [1.807, 2.05) is 26.0 Å². The molecule has 0 aromatic heterocycles. The smallest absolute Gasteiger partial charge is 0.265 e. The van der Waals surface area contributed by atoms with Crippen LogP contribution in [0.4, 0.5) is 11.4 Å². The molecule has 5 nitrogen and oxygen atoms in total. The minimum absolute atomic E-state index is 0.190. The third-order valence-electron chi connectivity index (χ3n) is 3.94. The molecule has 0 spiro atoms. The van der Waals surface area contributed by atoms with Gasteiger partial charge in [-0.1, -0.05) is 6.07 Å². The molecule has 0 fully saturated rings. The molecule has 1 atom stereocenters. The van der Waals surface area contributed by atoms with Crippen LogP contribution in [0, 0.1) is 13.8 Å². The van der Waals surface area contributed by atoms with Crippen LogP contribution in [-0.4, -0.2) is 17.9 Å². The fourth-order valence-corrected chi connectivity index (χ4v) is 2.37. The van der Waals surface area contributed by atoms with Gasteiger partial charge in [0.05, 0.1) is 5.69 Å². The molecular formula is C18H18N2O3. The average molecular weight is 310 g/mol. The summed E-state index contributed by atoms with van der Waals surface area (Å²) in [5, 5.41) is 5.60. The first-order chi connectivity index (χ1) is 10.9. The summed E-state index contributed by atoms with van der Waals surface area (Å²) in [7, 11) is 0. The van der Waals surface area contributed by atoms with E-state index >= 15 is 0 Å². The summed E-state index contributed by atoms with van der Waals surface area (Å²) in [6, 6.07) is 10.8. The van der Waals surface area contributed by atoms with Gasteiger partial charge in [0.15, 0.2) is 6.10 Å². The summed E-state index contributed by atoms with van der Waals surface area (Å²) in [6.45, 7) is 5.66. The first-order valence-corrected chi connectivity index (χ1v) is 7.44. The first kappa shape index (κ1) is 15.1. The van der Waals surface area contributed by atoms with Crippen LogP contribution in [-0.2, 0) is 4.79 Å². The molecular weight excluding hydrogens is 292 g/mol. The maximum absolute atomic E-state index is 12.3. The zero-order valence-electron chi connectivity index (χ0n) is 13.3. The molecule has 23 heavy (non-hydrogen) atoms. The van der Waals surface area contributed by atoms with Crippen LogP contribution in [0.3, 0.4) is 0 Å². The molecule has 0 saturated carbocycles. The highest BCUT2D eigenvalue weighted by Crippen LogP contribution is 2.32. The van der Waals surface area contributed by atoms with Crippen molar-refractivity contribution in [1.29, 1.82) is 0 Å². The second-order valence-electron chi connectivity index (χ2n) is 5.71. The number of aryl methyl sites for hydroxylation is 2. The standard InChI is InChI=1S/C18H18N2O3/c1-10-4-5-13(8-11(10)2)18(22)19-14-6-7-16-15(9-14)20-17(21)12(3)23-16/h4-9,12H,1-3H3,(H,19,22)(H,20,21)/t12-/m1/s1. The number of benzene rings is 2. The van der Waals surface area contributed by atoms with Gasteiger partial charge < -0.3 is 15.4 Å². The first-order valence-electron chi connectivity index (χ1n) is 7.44. The van der Waals surface area contributed by atoms with Gasteiger partial charge in [0, 0.05) is 11.3 Å². The van der Waals surface area contributed by atoms with E-state index in [-0.39, 0.29) is 11.8 Å². The molecule has 1 heterocycles. The third kappa shape index (κ3) is 3.04. The zero-order chi connectivity index (χ0) is 16.6. The number of carbonyl (C=O) groups excluding carboxylic acids is 2. The summed E-state index contributed by atoms with van der Waals surface area (Å²) >= 11 is 0. The minimum atomic E-state index is -0.515. The molecule has 0 radical (unpaired) electrons. The van der Waals surface area contributed by atoms with Crippen LogP contribution in [0.25, 0.3) is 0 Å². The number of rotatable bonds is 2. The predicted molar refractivity (Wildman–Crippen MR) is 89.0 cm³/mol. The Hall–Kier alpha value is -2.82. The monoisotopic (exact) mass is 310 g/mol. The normalized spacial score (nSPS) is 16.1. The number of hydrogen-bond acceptors (Lipinski definition) is 3. The van der Waals surface area contributed by atoms with Crippen molar-refractivity contribution < 1.29 is 14.3 Å². The van der Waals surface area contributed by atoms with E-state index in [9.17, 15) is 9.59 Å². The quantitative estimate of drug-likeness (QED) is 0.894. The van der Waals surface area contributed by atoms with Gasteiger partial charge in [-0.25, -0.2) is 0 Å². The number of ether oxygens (including phenoxy) is 1. The Balaban J connectivity index is 1.80. The Morgan fingerprint density at radius 1 is 1.13 bits per heavy atom. The Morgan fingerprint density at radius 2 is 1.91 bits per heavy atom. The maximum Gasteiger partial charge on any atom is 0.265 e. The number of nitrogens with one attached hydrogen (secondary N) is 2. The van der Waals surface area contributed by atoms with Crippen LogP contribution < -0.4 is 15.4 Å². The topological polar surface area (TPSA) is 67.4 Å². The fourth-order valence-electron chi connectivity index (χ4n) is 2.37. The van der Waals surface area contributed by atoms with Crippen molar-refractivity contribution in [2.24, 2.45) is 0 Å². The van der Waals surface area contributed by atoms with Gasteiger partial charge in [-0.3, -0.25) is 9.59 Å². The van der Waals surface area contributed by atoms with Gasteiger partial charge in [0.1, 0.15) is 5.75 Å². The van der Waals surface area contributed by atoms with Crippen LogP contribution in [0.2, 0.25) is 0 Å². The van der Waals surface area contributed by atoms with Crippen molar-refractivity contribution in [3.8, 4) is 5.75 Å². The average Bonchev–Trinajstić information content (AvgIpc) is 2.51. The van der Waals surface area contributed by atoms with Crippen LogP contribution in [0.15, 0.2) is 36.4 Å². The molecule has 2 aromatic rings. The molecule has 3 rings (SSSR count). The molecule has 118 valence electrons. The summed E-state index contributed by atoms with van der Waals surface area (Å²) in [6.07, 6.45) is -0.515. The molecule has 2 N–H and O–H groups in total. The molecule has 0 saturated heterocycles. The van der Waals surface area contributed by atoms with E-state index in [1.165, 1.54) is 0 Å². The lowest BCUT2D eigenvalue weighted by atomic mass is 10.1. The number of amides is 2. The second kappa shape index (κ2) is 5.76. The summed E-state index contributed by atoms with van der Waals surface area (Å²) in [4.78, 5) is 24.0. The van der Waals surface area contributed by atoms with Gasteiger partial charge in [0.2, 0.25) is 0 Å². The summed E-state index contributed by atoms with van der Waals surface area (Å²) in [5.74, 6) is 0.209. The second-order valence-corrected chi connectivity index (χ2v) is 5.71. The molecule has 1 aliphatic heterocycles. The molecule has 0 aliphatic carbocycles. The van der Waals surface area contributed by atoms with Crippen LogP contribution >= 0.6 is 0 Å². The lowest BCUT2D eigenvalue weighted by Gasteiger charge is -2.23. The highest BCUT2D eigenvalue weighted by molar-refractivity contribution is 6.05. The van der Waals surface area contributed by atoms with E-state index in [4.69, 9.17) is 4.74 Å². The van der Waals surface area contributed by atoms with E-state index in [0.717, 1.165) is 11.1 Å². The SMILES string of the molecule is Cc1ccc(C(=O)Nc2ccc3c(c2)NC(=O)[C@@H](C)O3)cc1C. The Labute approximate surface area is 134 Å². The van der Waals surface area contributed by atoms with Crippen molar-refractivity contribution in [3.63, 3.8) is 0 Å². The van der Waals surface area contributed by atoms with Gasteiger partial charge in [-0.05, 0) is 62.2 Å². The summed E-state index contributed by atoms with van der Waals surface area (Å²) < 4.78 is 5.49. The van der Waals surface area contributed by atoms with Gasteiger partial charge in [0.25, 0.3) is 11.8 Å². The summed E-state index contributed by atoms with van der Waals surface area (Å²) in [5.41, 5.74) is 3.97. The highest BCUT2D eigenvalue weighted by Gasteiger charge is 2.23. The third-order valence-corrected chi connectivity index (χ3v) is 3.94. The Kier molecular flexibility index (Phi) is 3.78. The van der Waals surface area contributed by atoms with Crippen molar-refractivity contribution in [1.82, 2.24) is 0 Å². The number of carbonyl (C=O) groups is 2. The van der Waals surface area contributed by atoms with Crippen molar-refractivity contribution in [2.45, 2.75) is 26.9 Å². The van der Waals surface area contributed by atoms with E-state index < -0.39 is 6.10 Å². The molecule has 2 amide bonds. The molecule has 0 unspecified atom stereocenters. The van der Waals surface area contributed by atoms with Gasteiger partial charge in [-0.15, -0.1) is 0 Å². The van der Waals surface area contributed by atoms with Crippen LogP contribution in [0.5, 0.6) is 5.75 Å². The number of anilines is 2. The lowest BCUT2D eigenvalue weighted by Crippen LogP contribution is -2.34.